The van der Waals surface area contributed by atoms with Crippen LogP contribution in [0.4, 0.5) is 5.69 Å². The largest absolute Gasteiger partial charge is 0.384 e. The van der Waals surface area contributed by atoms with Crippen LogP contribution in [0.3, 0.4) is 0 Å². The second-order valence-corrected chi connectivity index (χ2v) is 5.06. The lowest BCUT2D eigenvalue weighted by molar-refractivity contribution is 0.399. The molecule has 1 heterocycles. The summed E-state index contributed by atoms with van der Waals surface area (Å²) in [5.74, 6) is 0.757. The van der Waals surface area contributed by atoms with E-state index in [2.05, 4.69) is 50.4 Å². The fourth-order valence-electron chi connectivity index (χ4n) is 2.63. The van der Waals surface area contributed by atoms with Crippen molar-refractivity contribution in [1.82, 2.24) is 0 Å². The Kier molecular flexibility index (Phi) is 2.26. The third-order valence-electron chi connectivity index (χ3n) is 3.11. The summed E-state index contributed by atoms with van der Waals surface area (Å²) in [6.07, 6.45) is 1.26. The second-order valence-electron chi connectivity index (χ2n) is 5.06. The van der Waals surface area contributed by atoms with Gasteiger partial charge in [0.1, 0.15) is 0 Å². The van der Waals surface area contributed by atoms with Crippen LogP contribution in [0.2, 0.25) is 0 Å². The highest BCUT2D eigenvalue weighted by Crippen LogP contribution is 2.40. The molecule has 1 N–H and O–H groups in total. The highest BCUT2D eigenvalue weighted by Gasteiger charge is 2.34. The van der Waals surface area contributed by atoms with Gasteiger partial charge in [-0.05, 0) is 24.0 Å². The maximum absolute atomic E-state index is 3.50. The zero-order chi connectivity index (χ0) is 10.2. The third kappa shape index (κ3) is 1.52. The van der Waals surface area contributed by atoms with Crippen molar-refractivity contribution in [2.45, 2.75) is 32.6 Å². The molecule has 0 radical (unpaired) electrons. The molecule has 1 nitrogen and oxygen atoms in total. The predicted molar refractivity (Wildman–Crippen MR) is 61.7 cm³/mol. The van der Waals surface area contributed by atoms with Crippen molar-refractivity contribution in [2.24, 2.45) is 5.92 Å². The quantitative estimate of drug-likeness (QED) is 0.751. The molecule has 0 aromatic heterocycles. The van der Waals surface area contributed by atoms with Crippen LogP contribution in [-0.4, -0.2) is 6.54 Å². The summed E-state index contributed by atoms with van der Waals surface area (Å²) in [4.78, 5) is 0. The number of hydrogen-bond acceptors (Lipinski definition) is 1. The van der Waals surface area contributed by atoms with Crippen LogP contribution < -0.4 is 5.32 Å². The number of nitrogens with one attached hydrogen (secondary N) is 1. The molecule has 0 fully saturated rings. The van der Waals surface area contributed by atoms with Crippen molar-refractivity contribution in [3.8, 4) is 0 Å². The van der Waals surface area contributed by atoms with Crippen LogP contribution in [0.5, 0.6) is 0 Å². The van der Waals surface area contributed by atoms with Crippen LogP contribution in [0.1, 0.15) is 32.8 Å². The van der Waals surface area contributed by atoms with Crippen LogP contribution in [0, 0.1) is 5.92 Å². The molecule has 0 saturated heterocycles. The van der Waals surface area contributed by atoms with Gasteiger partial charge in [-0.3, -0.25) is 0 Å². The van der Waals surface area contributed by atoms with Gasteiger partial charge in [0, 0.05) is 17.6 Å². The first-order valence-corrected chi connectivity index (χ1v) is 5.45. The Morgan fingerprint density at radius 1 is 1.36 bits per heavy atom. The average Bonchev–Trinajstić information content (AvgIpc) is 2.44. The first-order chi connectivity index (χ1) is 6.62. The maximum atomic E-state index is 3.50. The molecule has 2 rings (SSSR count). The average molecular weight is 189 g/mol. The molecule has 1 aliphatic heterocycles. The number of rotatable bonds is 2. The van der Waals surface area contributed by atoms with Crippen LogP contribution in [-0.2, 0) is 5.41 Å². The third-order valence-corrected chi connectivity index (χ3v) is 3.11. The van der Waals surface area contributed by atoms with Gasteiger partial charge in [0.15, 0.2) is 0 Å². The first kappa shape index (κ1) is 9.57. The lowest BCUT2D eigenvalue weighted by Crippen LogP contribution is -2.26. The number of anilines is 1. The number of benzene rings is 1. The molecular weight excluding hydrogens is 170 g/mol. The van der Waals surface area contributed by atoms with Gasteiger partial charge in [-0.1, -0.05) is 39.0 Å². The van der Waals surface area contributed by atoms with E-state index in [-0.39, 0.29) is 0 Å². The molecule has 0 saturated carbocycles. The van der Waals surface area contributed by atoms with E-state index in [9.17, 15) is 0 Å². The molecule has 76 valence electrons. The van der Waals surface area contributed by atoms with Crippen molar-refractivity contribution in [1.29, 1.82) is 0 Å². The fourth-order valence-corrected chi connectivity index (χ4v) is 2.63. The lowest BCUT2D eigenvalue weighted by atomic mass is 9.78. The normalized spacial score (nSPS) is 24.9. The van der Waals surface area contributed by atoms with E-state index in [0.29, 0.717) is 5.41 Å². The zero-order valence-corrected chi connectivity index (χ0v) is 9.30. The minimum atomic E-state index is 0.338. The fraction of sp³-hybridized carbons (Fsp3) is 0.538. The van der Waals surface area contributed by atoms with E-state index >= 15 is 0 Å². The van der Waals surface area contributed by atoms with Crippen molar-refractivity contribution < 1.29 is 0 Å². The Morgan fingerprint density at radius 3 is 2.79 bits per heavy atom. The molecule has 1 aromatic carbocycles. The molecule has 1 aromatic rings. The molecule has 0 spiro atoms. The number of para-hydroxylation sites is 1. The van der Waals surface area contributed by atoms with Gasteiger partial charge in [-0.25, -0.2) is 0 Å². The highest BCUT2D eigenvalue weighted by molar-refractivity contribution is 5.59. The smallest absolute Gasteiger partial charge is 0.0379 e. The minimum absolute atomic E-state index is 0.338. The van der Waals surface area contributed by atoms with Gasteiger partial charge in [-0.15, -0.1) is 0 Å². The van der Waals surface area contributed by atoms with E-state index in [0.717, 1.165) is 12.5 Å². The predicted octanol–water partition coefficient (Wildman–Crippen LogP) is 3.42. The maximum Gasteiger partial charge on any atom is 0.0379 e. The summed E-state index contributed by atoms with van der Waals surface area (Å²) in [5, 5.41) is 3.50. The summed E-state index contributed by atoms with van der Waals surface area (Å²) in [6.45, 7) is 8.05. The highest BCUT2D eigenvalue weighted by atomic mass is 14.9. The molecule has 0 amide bonds. The van der Waals surface area contributed by atoms with Gasteiger partial charge in [0.2, 0.25) is 0 Å². The van der Waals surface area contributed by atoms with Crippen molar-refractivity contribution in [3.63, 3.8) is 0 Å². The molecule has 0 aliphatic carbocycles. The molecule has 0 bridgehead atoms. The summed E-state index contributed by atoms with van der Waals surface area (Å²) in [7, 11) is 0. The molecular formula is C13H19N. The number of fused-ring (bicyclic) bond motifs is 1. The van der Waals surface area contributed by atoms with Crippen LogP contribution in [0.15, 0.2) is 24.3 Å². The van der Waals surface area contributed by atoms with Crippen molar-refractivity contribution >= 4 is 5.69 Å². The first-order valence-electron chi connectivity index (χ1n) is 5.45. The van der Waals surface area contributed by atoms with Crippen molar-refractivity contribution in [3.05, 3.63) is 29.8 Å². The Morgan fingerprint density at radius 2 is 2.07 bits per heavy atom. The van der Waals surface area contributed by atoms with Gasteiger partial charge in [0.25, 0.3) is 0 Å². The van der Waals surface area contributed by atoms with Gasteiger partial charge >= 0.3 is 0 Å². The van der Waals surface area contributed by atoms with Crippen LogP contribution >= 0.6 is 0 Å². The SMILES string of the molecule is CC(C)CC1(C)CNc2ccccc21. The Balaban J connectivity index is 2.32. The molecule has 14 heavy (non-hydrogen) atoms. The van der Waals surface area contributed by atoms with E-state index in [4.69, 9.17) is 0 Å². The molecule has 1 aliphatic rings. The summed E-state index contributed by atoms with van der Waals surface area (Å²) < 4.78 is 0. The molecule has 1 unspecified atom stereocenters. The van der Waals surface area contributed by atoms with Crippen molar-refractivity contribution in [2.75, 3.05) is 11.9 Å². The standard InChI is InChI=1S/C13H19N/c1-10(2)8-13(3)9-14-12-7-5-4-6-11(12)13/h4-7,10,14H,8-9H2,1-3H3. The Bertz CT molecular complexity index is 330. The topological polar surface area (TPSA) is 12.0 Å². The van der Waals surface area contributed by atoms with E-state index in [1.165, 1.54) is 17.7 Å². The van der Waals surface area contributed by atoms with Crippen LogP contribution in [0.25, 0.3) is 0 Å². The summed E-state index contributed by atoms with van der Waals surface area (Å²) in [6, 6.07) is 8.69. The van der Waals surface area contributed by atoms with Gasteiger partial charge in [0.05, 0.1) is 0 Å². The number of hydrogen-bond donors (Lipinski definition) is 1. The molecule has 1 atom stereocenters. The van der Waals surface area contributed by atoms with E-state index < -0.39 is 0 Å². The van der Waals surface area contributed by atoms with Gasteiger partial charge < -0.3 is 5.32 Å². The zero-order valence-electron chi connectivity index (χ0n) is 9.30. The molecule has 1 heteroatoms. The summed E-state index contributed by atoms with van der Waals surface area (Å²) in [5.41, 5.74) is 3.16. The minimum Gasteiger partial charge on any atom is -0.384 e. The lowest BCUT2D eigenvalue weighted by Gasteiger charge is -2.26. The summed E-state index contributed by atoms with van der Waals surface area (Å²) >= 11 is 0. The van der Waals surface area contributed by atoms with Gasteiger partial charge in [-0.2, -0.15) is 0 Å². The van der Waals surface area contributed by atoms with E-state index in [1.54, 1.807) is 0 Å². The van der Waals surface area contributed by atoms with E-state index in [1.807, 2.05) is 0 Å². The Hall–Kier alpha value is -0.980. The monoisotopic (exact) mass is 189 g/mol. The Labute approximate surface area is 86.5 Å². The second kappa shape index (κ2) is 3.30.